The second-order valence-electron chi connectivity index (χ2n) is 9.07. The summed E-state index contributed by atoms with van der Waals surface area (Å²) in [6.07, 6.45) is 12.9. The van der Waals surface area contributed by atoms with Crippen LogP contribution in [-0.2, 0) is 16.0 Å². The highest BCUT2D eigenvalue weighted by atomic mass is 16.5. The summed E-state index contributed by atoms with van der Waals surface area (Å²) < 4.78 is 4.97. The van der Waals surface area contributed by atoms with Crippen LogP contribution in [0.15, 0.2) is 54.6 Å². The topological polar surface area (TPSA) is 26.3 Å². The minimum absolute atomic E-state index is 0.0443. The van der Waals surface area contributed by atoms with Crippen molar-refractivity contribution in [3.05, 3.63) is 60.2 Å². The summed E-state index contributed by atoms with van der Waals surface area (Å²) in [5.41, 5.74) is 1.50. The van der Waals surface area contributed by atoms with Gasteiger partial charge in [-0.3, -0.25) is 4.79 Å². The number of carbonyl (C=O) groups is 1. The van der Waals surface area contributed by atoms with Gasteiger partial charge < -0.3 is 4.74 Å². The lowest BCUT2D eigenvalue weighted by molar-refractivity contribution is -0.143. The average Bonchev–Trinajstić information content (AvgIpc) is 2.81. The maximum Gasteiger partial charge on any atom is 0.305 e. The van der Waals surface area contributed by atoms with Gasteiger partial charge in [0.05, 0.1) is 6.61 Å². The summed E-state index contributed by atoms with van der Waals surface area (Å²) in [5.74, 6) is -0.0443. The van der Waals surface area contributed by atoms with Gasteiger partial charge in [-0.15, -0.1) is 0 Å². The average molecular weight is 429 g/mol. The van der Waals surface area contributed by atoms with Crippen LogP contribution in [0.5, 0.6) is 0 Å². The molecule has 0 amide bonds. The van der Waals surface area contributed by atoms with E-state index in [0.29, 0.717) is 13.0 Å². The van der Waals surface area contributed by atoms with Crippen LogP contribution in [0.4, 0.5) is 0 Å². The van der Waals surface area contributed by atoms with Crippen molar-refractivity contribution in [2.24, 2.45) is 0 Å². The molecule has 0 aliphatic rings. The van der Waals surface area contributed by atoms with E-state index >= 15 is 0 Å². The maximum atomic E-state index is 11.3. The Balaban J connectivity index is 1.19. The number of aryl methyl sites for hydroxylation is 1. The quantitative estimate of drug-likeness (QED) is 0.121. The van der Waals surface area contributed by atoms with Crippen molar-refractivity contribution in [3.63, 3.8) is 0 Å². The largest absolute Gasteiger partial charge is 0.466 e. The molecule has 4 aromatic rings. The van der Waals surface area contributed by atoms with E-state index < -0.39 is 0 Å². The lowest BCUT2D eigenvalue weighted by Gasteiger charge is -2.14. The molecule has 0 saturated heterocycles. The number of carbonyl (C=O) groups excluding carboxylic acids is 1. The first-order valence-corrected chi connectivity index (χ1v) is 12.6. The van der Waals surface area contributed by atoms with E-state index in [2.05, 4.69) is 54.6 Å². The summed E-state index contributed by atoms with van der Waals surface area (Å²) >= 11 is 0. The zero-order chi connectivity index (χ0) is 22.2. The third-order valence-corrected chi connectivity index (χ3v) is 6.75. The molecule has 168 valence electrons. The molecule has 0 bridgehead atoms. The highest BCUT2D eigenvalue weighted by molar-refractivity contribution is 6.23. The SMILES string of the molecule is CCOC(=O)CCCCCCCCCCCc1ccc2ccc3cccc4ccc1c2c34. The minimum atomic E-state index is -0.0443. The molecule has 2 heteroatoms. The van der Waals surface area contributed by atoms with Crippen LogP contribution >= 0.6 is 0 Å². The van der Waals surface area contributed by atoms with E-state index in [1.165, 1.54) is 89.2 Å². The highest BCUT2D eigenvalue weighted by Crippen LogP contribution is 2.36. The maximum absolute atomic E-state index is 11.3. The van der Waals surface area contributed by atoms with Crippen molar-refractivity contribution < 1.29 is 9.53 Å². The number of benzene rings is 4. The molecule has 0 saturated carbocycles. The second kappa shape index (κ2) is 11.3. The van der Waals surface area contributed by atoms with Gasteiger partial charge in [-0.05, 0) is 64.1 Å². The normalized spacial score (nSPS) is 11.7. The van der Waals surface area contributed by atoms with Gasteiger partial charge in [-0.1, -0.05) is 99.5 Å². The molecule has 0 aliphatic carbocycles. The summed E-state index contributed by atoms with van der Waals surface area (Å²) in [5, 5.41) is 8.36. The Hall–Kier alpha value is -2.61. The molecule has 32 heavy (non-hydrogen) atoms. The van der Waals surface area contributed by atoms with Crippen LogP contribution in [0.25, 0.3) is 32.3 Å². The standard InChI is InChI=1S/C30H36O2/c1-2-32-28(31)16-11-9-7-5-3-4-6-8-10-13-23-17-18-26-20-19-24-14-12-15-25-21-22-27(23)30(26)29(24)25/h12,14-15,17-22H,2-11,13,16H2,1H3. The number of rotatable bonds is 13. The molecule has 0 N–H and O–H groups in total. The molecule has 0 aliphatic heterocycles. The molecule has 0 unspecified atom stereocenters. The fourth-order valence-electron chi connectivity index (χ4n) is 5.07. The van der Waals surface area contributed by atoms with E-state index in [-0.39, 0.29) is 5.97 Å². The first-order valence-electron chi connectivity index (χ1n) is 12.6. The second-order valence-corrected chi connectivity index (χ2v) is 9.07. The Kier molecular flexibility index (Phi) is 7.98. The van der Waals surface area contributed by atoms with Crippen LogP contribution < -0.4 is 0 Å². The van der Waals surface area contributed by atoms with Crippen LogP contribution in [0, 0.1) is 0 Å². The van der Waals surface area contributed by atoms with Crippen molar-refractivity contribution in [2.75, 3.05) is 6.61 Å². The van der Waals surface area contributed by atoms with Crippen molar-refractivity contribution >= 4 is 38.3 Å². The predicted molar refractivity (Wildman–Crippen MR) is 137 cm³/mol. The van der Waals surface area contributed by atoms with Crippen molar-refractivity contribution in [2.45, 2.75) is 77.6 Å². The molecule has 4 aromatic carbocycles. The van der Waals surface area contributed by atoms with Gasteiger partial charge in [-0.2, -0.15) is 0 Å². The smallest absolute Gasteiger partial charge is 0.305 e. The fraction of sp³-hybridized carbons (Fsp3) is 0.433. The zero-order valence-electron chi connectivity index (χ0n) is 19.5. The van der Waals surface area contributed by atoms with Gasteiger partial charge in [0.15, 0.2) is 0 Å². The van der Waals surface area contributed by atoms with Gasteiger partial charge in [0.2, 0.25) is 0 Å². The van der Waals surface area contributed by atoms with E-state index in [4.69, 9.17) is 4.74 Å². The van der Waals surface area contributed by atoms with E-state index in [9.17, 15) is 4.79 Å². The lowest BCUT2D eigenvalue weighted by atomic mass is 9.90. The van der Waals surface area contributed by atoms with E-state index in [0.717, 1.165) is 12.8 Å². The molecule has 0 aromatic heterocycles. The van der Waals surface area contributed by atoms with Gasteiger partial charge in [0.25, 0.3) is 0 Å². The first-order chi connectivity index (χ1) is 15.8. The van der Waals surface area contributed by atoms with Crippen LogP contribution in [0.2, 0.25) is 0 Å². The molecule has 4 rings (SSSR count). The summed E-state index contributed by atoms with van der Waals surface area (Å²) in [6.45, 7) is 2.36. The monoisotopic (exact) mass is 428 g/mol. The first kappa shape index (κ1) is 22.6. The Labute approximate surface area is 192 Å². The molecular formula is C30H36O2. The van der Waals surface area contributed by atoms with Crippen molar-refractivity contribution in [1.82, 2.24) is 0 Å². The van der Waals surface area contributed by atoms with Crippen LogP contribution in [0.3, 0.4) is 0 Å². The van der Waals surface area contributed by atoms with Crippen molar-refractivity contribution in [1.29, 1.82) is 0 Å². The molecule has 2 nitrogen and oxygen atoms in total. The minimum Gasteiger partial charge on any atom is -0.466 e. The predicted octanol–water partition coefficient (Wildman–Crippen LogP) is 8.59. The number of hydrogen-bond donors (Lipinski definition) is 0. The molecule has 0 radical (unpaired) electrons. The number of unbranched alkanes of at least 4 members (excludes halogenated alkanes) is 8. The number of esters is 1. The Morgan fingerprint density at radius 3 is 1.91 bits per heavy atom. The molecule has 0 heterocycles. The Morgan fingerprint density at radius 2 is 1.22 bits per heavy atom. The third kappa shape index (κ3) is 5.41. The van der Waals surface area contributed by atoms with Crippen LogP contribution in [0.1, 0.15) is 76.7 Å². The third-order valence-electron chi connectivity index (χ3n) is 6.75. The molecule has 0 fully saturated rings. The Morgan fingerprint density at radius 1 is 0.656 bits per heavy atom. The van der Waals surface area contributed by atoms with Crippen LogP contribution in [-0.4, -0.2) is 12.6 Å². The van der Waals surface area contributed by atoms with Gasteiger partial charge in [0, 0.05) is 6.42 Å². The molecule has 0 spiro atoms. The fourth-order valence-corrected chi connectivity index (χ4v) is 5.07. The lowest BCUT2D eigenvalue weighted by Crippen LogP contribution is -2.03. The van der Waals surface area contributed by atoms with Gasteiger partial charge in [-0.25, -0.2) is 0 Å². The van der Waals surface area contributed by atoms with E-state index in [1.807, 2.05) is 6.92 Å². The molecule has 0 atom stereocenters. The van der Waals surface area contributed by atoms with Gasteiger partial charge >= 0.3 is 5.97 Å². The summed E-state index contributed by atoms with van der Waals surface area (Å²) in [7, 11) is 0. The van der Waals surface area contributed by atoms with E-state index in [1.54, 1.807) is 0 Å². The summed E-state index contributed by atoms with van der Waals surface area (Å²) in [4.78, 5) is 11.3. The zero-order valence-corrected chi connectivity index (χ0v) is 19.5. The van der Waals surface area contributed by atoms with Gasteiger partial charge in [0.1, 0.15) is 0 Å². The van der Waals surface area contributed by atoms with Crippen molar-refractivity contribution in [3.8, 4) is 0 Å². The Bertz CT molecular complexity index is 1130. The summed E-state index contributed by atoms with van der Waals surface area (Å²) in [6, 6.07) is 20.4. The highest BCUT2D eigenvalue weighted by Gasteiger charge is 2.10. The number of hydrogen-bond acceptors (Lipinski definition) is 2. The molecular weight excluding hydrogens is 392 g/mol. The number of ether oxygens (including phenoxy) is 1.